The van der Waals surface area contributed by atoms with E-state index >= 15 is 0 Å². The van der Waals surface area contributed by atoms with E-state index in [-0.39, 0.29) is 0 Å². The van der Waals surface area contributed by atoms with Gasteiger partial charge >= 0.3 is 0 Å². The molecule has 0 unspecified atom stereocenters. The van der Waals surface area contributed by atoms with E-state index in [0.717, 1.165) is 23.0 Å². The maximum absolute atomic E-state index is 5.40. The van der Waals surface area contributed by atoms with Crippen LogP contribution in [-0.4, -0.2) is 29.5 Å². The van der Waals surface area contributed by atoms with Crippen LogP contribution in [0, 0.1) is 6.92 Å². The van der Waals surface area contributed by atoms with E-state index in [1.807, 2.05) is 6.92 Å². The van der Waals surface area contributed by atoms with Crippen molar-refractivity contribution in [2.24, 2.45) is 0 Å². The van der Waals surface area contributed by atoms with E-state index in [2.05, 4.69) is 15.5 Å². The third kappa shape index (κ3) is 2.04. The van der Waals surface area contributed by atoms with Crippen LogP contribution in [-0.2, 0) is 4.74 Å². The minimum absolute atomic E-state index is 0.333. The molecule has 0 saturated heterocycles. The third-order valence-electron chi connectivity index (χ3n) is 2.59. The highest BCUT2D eigenvalue weighted by atomic mass is 32.1. The minimum Gasteiger partial charge on any atom is -0.379 e. The van der Waals surface area contributed by atoms with Crippen LogP contribution in [0.4, 0.5) is 5.13 Å². The molecule has 1 saturated carbocycles. The summed E-state index contributed by atoms with van der Waals surface area (Å²) in [6, 6.07) is 0.410. The van der Waals surface area contributed by atoms with Gasteiger partial charge in [-0.1, -0.05) is 11.3 Å². The van der Waals surface area contributed by atoms with Crippen LogP contribution in [0.2, 0.25) is 0 Å². The molecule has 2 rings (SSSR count). The SMILES string of the molecule is CO[C@@H]1CCC[C@H]1Nc1nnc(C)s1. The molecule has 1 aromatic rings. The summed E-state index contributed by atoms with van der Waals surface area (Å²) in [5.74, 6) is 0. The van der Waals surface area contributed by atoms with Crippen molar-refractivity contribution in [3.05, 3.63) is 5.01 Å². The number of hydrogen-bond acceptors (Lipinski definition) is 5. The van der Waals surface area contributed by atoms with E-state index in [0.29, 0.717) is 12.1 Å². The summed E-state index contributed by atoms with van der Waals surface area (Å²) in [6.07, 6.45) is 3.87. The van der Waals surface area contributed by atoms with E-state index < -0.39 is 0 Å². The summed E-state index contributed by atoms with van der Waals surface area (Å²) in [6.45, 7) is 1.96. The van der Waals surface area contributed by atoms with Crippen LogP contribution in [0.1, 0.15) is 24.3 Å². The third-order valence-corrected chi connectivity index (χ3v) is 3.36. The van der Waals surface area contributed by atoms with Gasteiger partial charge in [-0.05, 0) is 26.2 Å². The van der Waals surface area contributed by atoms with Crippen molar-refractivity contribution >= 4 is 16.5 Å². The maximum Gasteiger partial charge on any atom is 0.205 e. The van der Waals surface area contributed by atoms with Crippen molar-refractivity contribution < 1.29 is 4.74 Å². The van der Waals surface area contributed by atoms with Gasteiger partial charge in [-0.2, -0.15) is 0 Å². The fourth-order valence-corrected chi connectivity index (χ4v) is 2.54. The molecule has 0 aliphatic heterocycles. The van der Waals surface area contributed by atoms with Crippen molar-refractivity contribution in [3.8, 4) is 0 Å². The maximum atomic E-state index is 5.40. The molecule has 78 valence electrons. The summed E-state index contributed by atoms with van der Waals surface area (Å²) >= 11 is 1.60. The summed E-state index contributed by atoms with van der Waals surface area (Å²) in [5.41, 5.74) is 0. The van der Waals surface area contributed by atoms with Crippen molar-refractivity contribution in [2.75, 3.05) is 12.4 Å². The van der Waals surface area contributed by atoms with E-state index in [9.17, 15) is 0 Å². The normalized spacial score (nSPS) is 26.7. The number of hydrogen-bond donors (Lipinski definition) is 1. The molecule has 2 atom stereocenters. The van der Waals surface area contributed by atoms with Gasteiger partial charge in [-0.3, -0.25) is 0 Å². The lowest BCUT2D eigenvalue weighted by Crippen LogP contribution is -2.29. The second-order valence-corrected chi connectivity index (χ2v) is 4.76. The van der Waals surface area contributed by atoms with Crippen molar-refractivity contribution in [2.45, 2.75) is 38.3 Å². The van der Waals surface area contributed by atoms with Gasteiger partial charge in [0, 0.05) is 7.11 Å². The first kappa shape index (κ1) is 9.86. The Bertz CT molecular complexity index is 302. The van der Waals surface area contributed by atoms with Gasteiger partial charge in [0.05, 0.1) is 12.1 Å². The van der Waals surface area contributed by atoms with Crippen molar-refractivity contribution in [3.63, 3.8) is 0 Å². The zero-order valence-electron chi connectivity index (χ0n) is 8.49. The molecule has 1 aliphatic rings. The Hall–Kier alpha value is -0.680. The summed E-state index contributed by atoms with van der Waals surface area (Å²) in [4.78, 5) is 0. The van der Waals surface area contributed by atoms with E-state index in [4.69, 9.17) is 4.74 Å². The summed E-state index contributed by atoms with van der Waals surface area (Å²) in [7, 11) is 1.77. The Kier molecular flexibility index (Phi) is 2.98. The first-order valence-electron chi connectivity index (χ1n) is 4.89. The quantitative estimate of drug-likeness (QED) is 0.832. The molecule has 1 heterocycles. The lowest BCUT2D eigenvalue weighted by atomic mass is 10.2. The van der Waals surface area contributed by atoms with Gasteiger partial charge < -0.3 is 10.1 Å². The standard InChI is InChI=1S/C9H15N3OS/c1-6-11-12-9(14-6)10-7-4-3-5-8(7)13-2/h7-8H,3-5H2,1-2H3,(H,10,12)/t7-,8-/m1/s1. The molecule has 4 nitrogen and oxygen atoms in total. The summed E-state index contributed by atoms with van der Waals surface area (Å²) < 4.78 is 5.40. The van der Waals surface area contributed by atoms with Gasteiger partial charge in [0.15, 0.2) is 0 Å². The first-order chi connectivity index (χ1) is 6.79. The predicted octanol–water partition coefficient (Wildman–Crippen LogP) is 1.83. The molecule has 0 bridgehead atoms. The molecule has 1 N–H and O–H groups in total. The largest absolute Gasteiger partial charge is 0.379 e. The lowest BCUT2D eigenvalue weighted by Gasteiger charge is -2.18. The number of anilines is 1. The van der Waals surface area contributed by atoms with E-state index in [1.54, 1.807) is 18.4 Å². The highest BCUT2D eigenvalue weighted by Gasteiger charge is 2.27. The first-order valence-corrected chi connectivity index (χ1v) is 5.70. The van der Waals surface area contributed by atoms with Crippen molar-refractivity contribution in [1.82, 2.24) is 10.2 Å². The molecule has 0 radical (unpaired) electrons. The molecule has 0 spiro atoms. The van der Waals surface area contributed by atoms with Crippen LogP contribution < -0.4 is 5.32 Å². The van der Waals surface area contributed by atoms with Crippen LogP contribution in [0.25, 0.3) is 0 Å². The van der Waals surface area contributed by atoms with Gasteiger partial charge in [0.1, 0.15) is 5.01 Å². The Morgan fingerprint density at radius 3 is 2.93 bits per heavy atom. The predicted molar refractivity (Wildman–Crippen MR) is 56.7 cm³/mol. The van der Waals surface area contributed by atoms with Gasteiger partial charge in [0.2, 0.25) is 5.13 Å². The second-order valence-electron chi connectivity index (χ2n) is 3.58. The number of rotatable bonds is 3. The number of ether oxygens (including phenoxy) is 1. The van der Waals surface area contributed by atoms with Crippen LogP contribution in [0.3, 0.4) is 0 Å². The number of methoxy groups -OCH3 is 1. The average molecular weight is 213 g/mol. The number of nitrogens with one attached hydrogen (secondary N) is 1. The average Bonchev–Trinajstić information content (AvgIpc) is 2.76. The Morgan fingerprint density at radius 1 is 1.43 bits per heavy atom. The van der Waals surface area contributed by atoms with Crippen LogP contribution in [0.15, 0.2) is 0 Å². The second kappa shape index (κ2) is 4.23. The Balaban J connectivity index is 1.96. The molecule has 0 aromatic carbocycles. The smallest absolute Gasteiger partial charge is 0.205 e. The molecule has 1 aliphatic carbocycles. The molecule has 14 heavy (non-hydrogen) atoms. The molecular formula is C9H15N3OS. The Labute approximate surface area is 87.7 Å². The van der Waals surface area contributed by atoms with Crippen LogP contribution in [0.5, 0.6) is 0 Å². The monoisotopic (exact) mass is 213 g/mol. The fraction of sp³-hybridized carbons (Fsp3) is 0.778. The van der Waals surface area contributed by atoms with Gasteiger partial charge in [-0.15, -0.1) is 10.2 Å². The number of aromatic nitrogens is 2. The Morgan fingerprint density at radius 2 is 2.29 bits per heavy atom. The highest BCUT2D eigenvalue weighted by molar-refractivity contribution is 7.15. The highest BCUT2D eigenvalue weighted by Crippen LogP contribution is 2.26. The van der Waals surface area contributed by atoms with E-state index in [1.165, 1.54) is 6.42 Å². The molecule has 1 aromatic heterocycles. The minimum atomic E-state index is 0.333. The van der Waals surface area contributed by atoms with Gasteiger partial charge in [0.25, 0.3) is 0 Å². The molecule has 0 amide bonds. The van der Waals surface area contributed by atoms with Crippen molar-refractivity contribution in [1.29, 1.82) is 0 Å². The van der Waals surface area contributed by atoms with Crippen LogP contribution >= 0.6 is 11.3 Å². The molecular weight excluding hydrogens is 198 g/mol. The zero-order chi connectivity index (χ0) is 9.97. The topological polar surface area (TPSA) is 47.0 Å². The fourth-order valence-electron chi connectivity index (χ4n) is 1.89. The number of nitrogens with zero attached hydrogens (tertiary/aromatic N) is 2. The lowest BCUT2D eigenvalue weighted by molar-refractivity contribution is 0.101. The zero-order valence-corrected chi connectivity index (χ0v) is 9.30. The van der Waals surface area contributed by atoms with Gasteiger partial charge in [-0.25, -0.2) is 0 Å². The molecule has 1 fully saturated rings. The number of aryl methyl sites for hydroxylation is 1. The molecule has 5 heteroatoms. The summed E-state index contributed by atoms with van der Waals surface area (Å²) in [5, 5.41) is 13.3.